The Hall–Kier alpha value is -1.05. The van der Waals surface area contributed by atoms with Crippen LogP contribution in [0.15, 0.2) is 25.3 Å². The maximum Gasteiger partial charge on any atom is 0.306 e. The Morgan fingerprint density at radius 2 is 1.26 bits per heavy atom. The SMILES string of the molecule is C=CCCCCCCCC(CCCCC=C)C(=O)O. The van der Waals surface area contributed by atoms with Crippen molar-refractivity contribution < 1.29 is 9.90 Å². The van der Waals surface area contributed by atoms with E-state index in [0.29, 0.717) is 0 Å². The second kappa shape index (κ2) is 13.4. The van der Waals surface area contributed by atoms with Crippen molar-refractivity contribution in [2.45, 2.75) is 70.6 Å². The van der Waals surface area contributed by atoms with Crippen LogP contribution >= 0.6 is 0 Å². The number of allylic oxidation sites excluding steroid dienone is 2. The molecule has 0 aromatic rings. The standard InChI is InChI=1S/C17H30O2/c1-3-5-7-9-10-11-13-15-16(17(18)19)14-12-8-6-4-2/h3-4,16H,1-2,5-15H2,(H,18,19). The lowest BCUT2D eigenvalue weighted by atomic mass is 9.94. The minimum absolute atomic E-state index is 0.141. The van der Waals surface area contributed by atoms with Crippen LogP contribution in [0.1, 0.15) is 70.6 Å². The predicted octanol–water partition coefficient (Wildman–Crippen LogP) is 5.35. The van der Waals surface area contributed by atoms with Gasteiger partial charge in [-0.2, -0.15) is 0 Å². The second-order valence-corrected chi connectivity index (χ2v) is 5.24. The first-order valence-corrected chi connectivity index (χ1v) is 7.67. The van der Waals surface area contributed by atoms with Crippen LogP contribution in [0.5, 0.6) is 0 Å². The Kier molecular flexibility index (Phi) is 12.6. The first kappa shape index (κ1) is 17.9. The number of unbranched alkanes of at least 4 members (excludes halogenated alkanes) is 7. The average Bonchev–Trinajstić information content (AvgIpc) is 2.39. The molecule has 2 nitrogen and oxygen atoms in total. The molecule has 0 saturated heterocycles. The number of carboxylic acids is 1. The van der Waals surface area contributed by atoms with Crippen molar-refractivity contribution in [1.29, 1.82) is 0 Å². The summed E-state index contributed by atoms with van der Waals surface area (Å²) in [6, 6.07) is 0. The minimum atomic E-state index is -0.620. The Morgan fingerprint density at radius 1 is 0.842 bits per heavy atom. The molecule has 1 N–H and O–H groups in total. The predicted molar refractivity (Wildman–Crippen MR) is 82.3 cm³/mol. The van der Waals surface area contributed by atoms with E-state index in [0.717, 1.165) is 51.4 Å². The summed E-state index contributed by atoms with van der Waals surface area (Å²) in [5.41, 5.74) is 0. The van der Waals surface area contributed by atoms with E-state index >= 15 is 0 Å². The van der Waals surface area contributed by atoms with E-state index < -0.39 is 5.97 Å². The van der Waals surface area contributed by atoms with Crippen LogP contribution in [0.4, 0.5) is 0 Å². The highest BCUT2D eigenvalue weighted by atomic mass is 16.4. The fourth-order valence-electron chi connectivity index (χ4n) is 2.28. The topological polar surface area (TPSA) is 37.3 Å². The second-order valence-electron chi connectivity index (χ2n) is 5.24. The largest absolute Gasteiger partial charge is 0.481 e. The van der Waals surface area contributed by atoms with Crippen molar-refractivity contribution in [1.82, 2.24) is 0 Å². The maximum absolute atomic E-state index is 11.1. The zero-order chi connectivity index (χ0) is 14.3. The van der Waals surface area contributed by atoms with E-state index in [1.807, 2.05) is 12.2 Å². The highest BCUT2D eigenvalue weighted by molar-refractivity contribution is 5.69. The summed E-state index contributed by atoms with van der Waals surface area (Å²) in [6.07, 6.45) is 15.6. The van der Waals surface area contributed by atoms with E-state index in [-0.39, 0.29) is 5.92 Å². The van der Waals surface area contributed by atoms with Gasteiger partial charge in [-0.1, -0.05) is 44.3 Å². The van der Waals surface area contributed by atoms with Crippen LogP contribution < -0.4 is 0 Å². The molecule has 0 aromatic carbocycles. The molecule has 0 rings (SSSR count). The zero-order valence-electron chi connectivity index (χ0n) is 12.3. The van der Waals surface area contributed by atoms with Gasteiger partial charge in [0.05, 0.1) is 5.92 Å². The Balaban J connectivity index is 3.56. The van der Waals surface area contributed by atoms with Gasteiger partial charge >= 0.3 is 5.97 Å². The van der Waals surface area contributed by atoms with Crippen LogP contribution in [-0.2, 0) is 4.79 Å². The van der Waals surface area contributed by atoms with E-state index in [4.69, 9.17) is 0 Å². The molecule has 0 bridgehead atoms. The molecule has 1 atom stereocenters. The highest BCUT2D eigenvalue weighted by Gasteiger charge is 2.15. The van der Waals surface area contributed by atoms with Crippen molar-refractivity contribution in [2.24, 2.45) is 5.92 Å². The van der Waals surface area contributed by atoms with E-state index in [2.05, 4.69) is 13.2 Å². The molecule has 2 heteroatoms. The van der Waals surface area contributed by atoms with Gasteiger partial charge < -0.3 is 5.11 Å². The molecular weight excluding hydrogens is 236 g/mol. The molecule has 0 aliphatic rings. The molecule has 0 spiro atoms. The third-order valence-electron chi connectivity index (χ3n) is 3.52. The summed E-state index contributed by atoms with van der Waals surface area (Å²) >= 11 is 0. The van der Waals surface area contributed by atoms with Crippen molar-refractivity contribution in [3.63, 3.8) is 0 Å². The Morgan fingerprint density at radius 3 is 1.79 bits per heavy atom. The first-order chi connectivity index (χ1) is 9.22. The van der Waals surface area contributed by atoms with Crippen LogP contribution in [0.2, 0.25) is 0 Å². The number of carboxylic acid groups (broad SMARTS) is 1. The van der Waals surface area contributed by atoms with Crippen LogP contribution in [0.3, 0.4) is 0 Å². The minimum Gasteiger partial charge on any atom is -0.481 e. The van der Waals surface area contributed by atoms with Gasteiger partial charge in [-0.3, -0.25) is 4.79 Å². The van der Waals surface area contributed by atoms with E-state index in [1.165, 1.54) is 19.3 Å². The fraction of sp³-hybridized carbons (Fsp3) is 0.706. The normalized spacial score (nSPS) is 12.0. The molecule has 0 saturated carbocycles. The summed E-state index contributed by atoms with van der Waals surface area (Å²) in [7, 11) is 0. The summed E-state index contributed by atoms with van der Waals surface area (Å²) < 4.78 is 0. The molecule has 0 aliphatic heterocycles. The maximum atomic E-state index is 11.1. The lowest BCUT2D eigenvalue weighted by Crippen LogP contribution is -2.13. The first-order valence-electron chi connectivity index (χ1n) is 7.67. The third kappa shape index (κ3) is 11.8. The number of rotatable bonds is 14. The van der Waals surface area contributed by atoms with Gasteiger partial charge in [-0.05, 0) is 38.5 Å². The lowest BCUT2D eigenvalue weighted by molar-refractivity contribution is -0.142. The van der Waals surface area contributed by atoms with Gasteiger partial charge in [0.2, 0.25) is 0 Å². The molecule has 0 aliphatic carbocycles. The van der Waals surface area contributed by atoms with Gasteiger partial charge in [0.25, 0.3) is 0 Å². The van der Waals surface area contributed by atoms with Crippen LogP contribution in [0.25, 0.3) is 0 Å². The quantitative estimate of drug-likeness (QED) is 0.340. The fourth-order valence-corrected chi connectivity index (χ4v) is 2.28. The van der Waals surface area contributed by atoms with Gasteiger partial charge in [0.15, 0.2) is 0 Å². The third-order valence-corrected chi connectivity index (χ3v) is 3.52. The monoisotopic (exact) mass is 266 g/mol. The Bertz CT molecular complexity index is 246. The molecule has 1 unspecified atom stereocenters. The van der Waals surface area contributed by atoms with Gasteiger partial charge in [0, 0.05) is 0 Å². The highest BCUT2D eigenvalue weighted by Crippen LogP contribution is 2.18. The van der Waals surface area contributed by atoms with Crippen LogP contribution in [-0.4, -0.2) is 11.1 Å². The molecule has 0 fully saturated rings. The molecule has 0 radical (unpaired) electrons. The van der Waals surface area contributed by atoms with Crippen molar-refractivity contribution >= 4 is 5.97 Å². The smallest absolute Gasteiger partial charge is 0.306 e. The number of hydrogen-bond donors (Lipinski definition) is 1. The van der Waals surface area contributed by atoms with E-state index in [9.17, 15) is 9.90 Å². The molecule has 0 heterocycles. The summed E-state index contributed by atoms with van der Waals surface area (Å²) in [5.74, 6) is -0.761. The Labute approximate surface area is 118 Å². The lowest BCUT2D eigenvalue weighted by Gasteiger charge is -2.11. The molecule has 19 heavy (non-hydrogen) atoms. The molecule has 110 valence electrons. The molecule has 0 amide bonds. The average molecular weight is 266 g/mol. The van der Waals surface area contributed by atoms with Crippen molar-refractivity contribution in [3.8, 4) is 0 Å². The molecular formula is C17H30O2. The van der Waals surface area contributed by atoms with Crippen molar-refractivity contribution in [2.75, 3.05) is 0 Å². The summed E-state index contributed by atoms with van der Waals surface area (Å²) in [5, 5.41) is 9.17. The van der Waals surface area contributed by atoms with Gasteiger partial charge in [-0.15, -0.1) is 13.2 Å². The number of carbonyl (C=O) groups is 1. The number of aliphatic carboxylic acids is 1. The number of hydrogen-bond acceptors (Lipinski definition) is 1. The van der Waals surface area contributed by atoms with Crippen molar-refractivity contribution in [3.05, 3.63) is 25.3 Å². The van der Waals surface area contributed by atoms with Crippen LogP contribution in [0, 0.1) is 5.92 Å². The molecule has 0 aromatic heterocycles. The zero-order valence-corrected chi connectivity index (χ0v) is 12.3. The van der Waals surface area contributed by atoms with Gasteiger partial charge in [0.1, 0.15) is 0 Å². The van der Waals surface area contributed by atoms with Gasteiger partial charge in [-0.25, -0.2) is 0 Å². The summed E-state index contributed by atoms with van der Waals surface area (Å²) in [4.78, 5) is 11.1. The van der Waals surface area contributed by atoms with E-state index in [1.54, 1.807) is 0 Å². The summed E-state index contributed by atoms with van der Waals surface area (Å²) in [6.45, 7) is 7.39.